The fraction of sp³-hybridized carbons (Fsp3) is 0.950. The topological polar surface area (TPSA) is 35.5 Å². The maximum absolute atomic E-state index is 11.1. The van der Waals surface area contributed by atoms with Crippen molar-refractivity contribution in [1.29, 1.82) is 0 Å². The molecule has 0 radical (unpaired) electrons. The van der Waals surface area contributed by atoms with Crippen LogP contribution in [-0.2, 0) is 14.3 Å². The van der Waals surface area contributed by atoms with E-state index in [4.69, 9.17) is 9.47 Å². The van der Waals surface area contributed by atoms with Gasteiger partial charge in [0, 0.05) is 23.7 Å². The van der Waals surface area contributed by atoms with Gasteiger partial charge >= 0.3 is 0 Å². The third-order valence-electron chi connectivity index (χ3n) is 5.63. The van der Waals surface area contributed by atoms with E-state index in [0.29, 0.717) is 29.5 Å². The highest BCUT2D eigenvalue weighted by Crippen LogP contribution is 2.43. The molecule has 3 aliphatic rings. The molecule has 1 heterocycles. The molecule has 3 nitrogen and oxygen atoms in total. The molecule has 136 valence electrons. The van der Waals surface area contributed by atoms with E-state index in [0.717, 1.165) is 26.1 Å². The van der Waals surface area contributed by atoms with Crippen molar-refractivity contribution in [3.63, 3.8) is 0 Å². The minimum absolute atomic E-state index is 0.210. The summed E-state index contributed by atoms with van der Waals surface area (Å²) >= 11 is 0. The zero-order valence-corrected chi connectivity index (χ0v) is 16.2. The molecule has 4 unspecified atom stereocenters. The molecule has 0 N–H and O–H groups in total. The molecule has 0 aromatic heterocycles. The number of Topliss-reactive ketones (excluding diaryl/α,β-unsaturated/α-hetero) is 1. The Labute approximate surface area is 143 Å². The Morgan fingerprint density at radius 1 is 0.783 bits per heavy atom. The van der Waals surface area contributed by atoms with Gasteiger partial charge in [-0.2, -0.15) is 0 Å². The lowest BCUT2D eigenvalue weighted by Crippen LogP contribution is -2.46. The molecular weight excluding hydrogens is 288 g/mol. The SMILES string of the molecule is CC.CC1CCCC(C)C12OCCO2.CC1CCCC(C)C1=O. The van der Waals surface area contributed by atoms with Gasteiger partial charge in [0.05, 0.1) is 13.2 Å². The first kappa shape index (κ1) is 20.6. The lowest BCUT2D eigenvalue weighted by Gasteiger charge is -2.42. The molecule has 0 amide bonds. The van der Waals surface area contributed by atoms with Crippen molar-refractivity contribution in [2.75, 3.05) is 13.2 Å². The van der Waals surface area contributed by atoms with Gasteiger partial charge < -0.3 is 9.47 Å². The standard InChI is InChI=1S/C10H18O2.C8H14O.C2H6/c1-8-4-3-5-9(2)10(8)11-6-7-12-10;1-6-4-3-5-7(2)8(6)9;1-2/h8-9H,3-7H2,1-2H3;6-7H,3-5H2,1-2H3;1-2H3. The number of ether oxygens (including phenoxy) is 2. The predicted molar refractivity (Wildman–Crippen MR) is 95.3 cm³/mol. The zero-order valence-electron chi connectivity index (χ0n) is 16.2. The average Bonchev–Trinajstić information content (AvgIpc) is 3.04. The Bertz CT molecular complexity index is 323. The summed E-state index contributed by atoms with van der Waals surface area (Å²) in [4.78, 5) is 11.1. The second-order valence-corrected chi connectivity index (χ2v) is 7.29. The largest absolute Gasteiger partial charge is 0.347 e. The number of hydrogen-bond acceptors (Lipinski definition) is 3. The Balaban J connectivity index is 0.000000215. The van der Waals surface area contributed by atoms with Crippen molar-refractivity contribution in [3.8, 4) is 0 Å². The van der Waals surface area contributed by atoms with Crippen molar-refractivity contribution < 1.29 is 14.3 Å². The van der Waals surface area contributed by atoms with E-state index < -0.39 is 0 Å². The Morgan fingerprint density at radius 2 is 1.17 bits per heavy atom. The van der Waals surface area contributed by atoms with Crippen LogP contribution < -0.4 is 0 Å². The Morgan fingerprint density at radius 3 is 1.57 bits per heavy atom. The molecule has 1 spiro atoms. The van der Waals surface area contributed by atoms with Crippen LogP contribution in [0.1, 0.15) is 80.1 Å². The Kier molecular flexibility index (Phi) is 8.78. The third-order valence-corrected chi connectivity index (χ3v) is 5.63. The summed E-state index contributed by atoms with van der Waals surface area (Å²) < 4.78 is 11.6. The van der Waals surface area contributed by atoms with Gasteiger partial charge in [-0.3, -0.25) is 4.79 Å². The van der Waals surface area contributed by atoms with Gasteiger partial charge in [-0.1, -0.05) is 54.4 Å². The van der Waals surface area contributed by atoms with E-state index in [1.165, 1.54) is 25.7 Å². The molecule has 0 aromatic carbocycles. The van der Waals surface area contributed by atoms with Crippen LogP contribution >= 0.6 is 0 Å². The second kappa shape index (κ2) is 9.78. The molecule has 23 heavy (non-hydrogen) atoms. The fourth-order valence-electron chi connectivity index (χ4n) is 4.13. The number of rotatable bonds is 0. The van der Waals surface area contributed by atoms with Gasteiger partial charge in [0.1, 0.15) is 5.78 Å². The van der Waals surface area contributed by atoms with E-state index >= 15 is 0 Å². The molecule has 1 saturated heterocycles. The first-order valence-electron chi connectivity index (χ1n) is 9.79. The van der Waals surface area contributed by atoms with Crippen LogP contribution in [0.25, 0.3) is 0 Å². The third kappa shape index (κ3) is 5.03. The molecule has 3 heteroatoms. The van der Waals surface area contributed by atoms with Crippen molar-refractivity contribution in [2.24, 2.45) is 23.7 Å². The van der Waals surface area contributed by atoms with Gasteiger partial charge in [0.25, 0.3) is 0 Å². The van der Waals surface area contributed by atoms with E-state index in [-0.39, 0.29) is 5.79 Å². The monoisotopic (exact) mass is 326 g/mol. The maximum Gasteiger partial charge on any atom is 0.173 e. The summed E-state index contributed by atoms with van der Waals surface area (Å²) in [5.74, 6) is 2.09. The molecular formula is C20H38O3. The van der Waals surface area contributed by atoms with Gasteiger partial charge in [0.2, 0.25) is 0 Å². The molecule has 0 bridgehead atoms. The minimum atomic E-state index is -0.210. The summed E-state index contributed by atoms with van der Waals surface area (Å²) in [5.41, 5.74) is 0. The molecule has 2 aliphatic carbocycles. The van der Waals surface area contributed by atoms with E-state index in [1.807, 2.05) is 27.7 Å². The molecule has 3 rings (SSSR count). The molecule has 3 fully saturated rings. The summed E-state index contributed by atoms with van der Waals surface area (Å²) in [7, 11) is 0. The van der Waals surface area contributed by atoms with Gasteiger partial charge in [-0.15, -0.1) is 0 Å². The fourth-order valence-corrected chi connectivity index (χ4v) is 4.13. The van der Waals surface area contributed by atoms with E-state index in [1.54, 1.807) is 0 Å². The van der Waals surface area contributed by atoms with Crippen LogP contribution in [0.2, 0.25) is 0 Å². The van der Waals surface area contributed by atoms with E-state index in [2.05, 4.69) is 13.8 Å². The van der Waals surface area contributed by atoms with Crippen LogP contribution in [-0.4, -0.2) is 24.8 Å². The zero-order chi connectivity index (χ0) is 17.5. The predicted octanol–water partition coefficient (Wildman–Crippen LogP) is 5.22. The highest BCUT2D eigenvalue weighted by molar-refractivity contribution is 5.83. The molecule has 1 aliphatic heterocycles. The quantitative estimate of drug-likeness (QED) is 0.612. The van der Waals surface area contributed by atoms with Crippen molar-refractivity contribution in [3.05, 3.63) is 0 Å². The Hall–Kier alpha value is -0.410. The van der Waals surface area contributed by atoms with Crippen LogP contribution in [0.5, 0.6) is 0 Å². The molecule has 2 saturated carbocycles. The number of ketones is 1. The number of hydrogen-bond donors (Lipinski definition) is 0. The van der Waals surface area contributed by atoms with Crippen molar-refractivity contribution >= 4 is 5.78 Å². The lowest BCUT2D eigenvalue weighted by atomic mass is 9.77. The van der Waals surface area contributed by atoms with Crippen LogP contribution in [0.3, 0.4) is 0 Å². The van der Waals surface area contributed by atoms with Crippen molar-refractivity contribution in [1.82, 2.24) is 0 Å². The second-order valence-electron chi connectivity index (χ2n) is 7.29. The summed E-state index contributed by atoms with van der Waals surface area (Å²) in [6.45, 7) is 14.2. The summed E-state index contributed by atoms with van der Waals surface area (Å²) in [6.07, 6.45) is 7.31. The van der Waals surface area contributed by atoms with Crippen molar-refractivity contribution in [2.45, 2.75) is 85.9 Å². The van der Waals surface area contributed by atoms with E-state index in [9.17, 15) is 4.79 Å². The normalized spacial score (nSPS) is 35.8. The minimum Gasteiger partial charge on any atom is -0.347 e. The number of carbonyl (C=O) groups is 1. The molecule has 4 atom stereocenters. The first-order chi connectivity index (χ1) is 11.0. The average molecular weight is 327 g/mol. The highest BCUT2D eigenvalue weighted by atomic mass is 16.7. The van der Waals surface area contributed by atoms with Crippen LogP contribution in [0, 0.1) is 23.7 Å². The summed E-state index contributed by atoms with van der Waals surface area (Å²) in [5, 5.41) is 0. The summed E-state index contributed by atoms with van der Waals surface area (Å²) in [6, 6.07) is 0. The smallest absolute Gasteiger partial charge is 0.173 e. The first-order valence-corrected chi connectivity index (χ1v) is 9.79. The maximum atomic E-state index is 11.1. The van der Waals surface area contributed by atoms with Gasteiger partial charge in [-0.25, -0.2) is 0 Å². The van der Waals surface area contributed by atoms with Gasteiger partial charge in [0.15, 0.2) is 5.79 Å². The van der Waals surface area contributed by atoms with Crippen LogP contribution in [0.4, 0.5) is 0 Å². The van der Waals surface area contributed by atoms with Gasteiger partial charge in [-0.05, 0) is 25.7 Å². The lowest BCUT2D eigenvalue weighted by molar-refractivity contribution is -0.237. The highest BCUT2D eigenvalue weighted by Gasteiger charge is 2.48. The molecule has 0 aromatic rings. The van der Waals surface area contributed by atoms with Crippen LogP contribution in [0.15, 0.2) is 0 Å². The number of carbonyl (C=O) groups excluding carboxylic acids is 1.